The molecule has 146 valence electrons. The van der Waals surface area contributed by atoms with Gasteiger partial charge in [-0.2, -0.15) is 13.2 Å². The predicted molar refractivity (Wildman–Crippen MR) is 91.5 cm³/mol. The topological polar surface area (TPSA) is 40.5 Å². The number of anilines is 1. The lowest BCUT2D eigenvalue weighted by atomic mass is 10.0. The van der Waals surface area contributed by atoms with Crippen molar-refractivity contribution in [2.45, 2.75) is 32.0 Å². The van der Waals surface area contributed by atoms with Crippen LogP contribution in [-0.4, -0.2) is 29.8 Å². The molecule has 27 heavy (non-hydrogen) atoms. The van der Waals surface area contributed by atoms with Crippen LogP contribution in [0.25, 0.3) is 11.1 Å². The van der Waals surface area contributed by atoms with Gasteiger partial charge >= 0.3 is 12.1 Å². The molecule has 2 rings (SSSR count). The maximum Gasteiger partial charge on any atom is 0.405 e. The Bertz CT molecular complexity index is 790. The fraction of sp³-hybridized carbons (Fsp3) is 0.316. The van der Waals surface area contributed by atoms with E-state index in [2.05, 4.69) is 0 Å². The standard InChI is InChI=1S/C19H18F5NO2/c1-2-3-17(18(26)27)25(11-19(22,23)24)14-7-4-12(5-8-14)13-6-9-15(20)16(21)10-13/h4-10,17H,2-3,11H2,1H3,(H,26,27)/t17-/m0/s1. The number of hydrogen-bond acceptors (Lipinski definition) is 2. The largest absolute Gasteiger partial charge is 0.480 e. The fourth-order valence-electron chi connectivity index (χ4n) is 2.78. The van der Waals surface area contributed by atoms with Crippen LogP contribution in [0.15, 0.2) is 42.5 Å². The van der Waals surface area contributed by atoms with Gasteiger partial charge in [-0.3, -0.25) is 0 Å². The maximum atomic E-state index is 13.4. The Morgan fingerprint density at radius 2 is 1.63 bits per heavy atom. The van der Waals surface area contributed by atoms with Crippen LogP contribution in [0.3, 0.4) is 0 Å². The molecule has 0 radical (unpaired) electrons. The highest BCUT2D eigenvalue weighted by molar-refractivity contribution is 5.78. The second-order valence-corrected chi connectivity index (χ2v) is 6.06. The summed E-state index contributed by atoms with van der Waals surface area (Å²) >= 11 is 0. The van der Waals surface area contributed by atoms with Crippen molar-refractivity contribution in [2.75, 3.05) is 11.4 Å². The molecule has 0 fully saturated rings. The van der Waals surface area contributed by atoms with Gasteiger partial charge in [-0.05, 0) is 41.8 Å². The first-order valence-electron chi connectivity index (χ1n) is 8.24. The molecule has 0 amide bonds. The molecule has 3 nitrogen and oxygen atoms in total. The molecule has 0 aromatic heterocycles. The first kappa shape index (κ1) is 20.7. The third-order valence-electron chi connectivity index (χ3n) is 4.02. The number of nitrogens with zero attached hydrogens (tertiary/aromatic N) is 1. The van der Waals surface area contributed by atoms with Crippen LogP contribution in [0.1, 0.15) is 19.8 Å². The van der Waals surface area contributed by atoms with E-state index in [9.17, 15) is 31.9 Å². The van der Waals surface area contributed by atoms with Crippen LogP contribution in [-0.2, 0) is 4.79 Å². The molecule has 0 aliphatic heterocycles. The van der Waals surface area contributed by atoms with Crippen molar-refractivity contribution in [3.8, 4) is 11.1 Å². The summed E-state index contributed by atoms with van der Waals surface area (Å²) in [4.78, 5) is 12.3. The van der Waals surface area contributed by atoms with Crippen LogP contribution < -0.4 is 4.90 Å². The summed E-state index contributed by atoms with van der Waals surface area (Å²) in [6, 6.07) is 7.52. The van der Waals surface area contributed by atoms with E-state index in [-0.39, 0.29) is 12.1 Å². The van der Waals surface area contributed by atoms with Crippen LogP contribution in [0.2, 0.25) is 0 Å². The smallest absolute Gasteiger partial charge is 0.405 e. The molecule has 0 spiro atoms. The minimum absolute atomic E-state index is 0.0519. The predicted octanol–water partition coefficient (Wildman–Crippen LogP) is 5.25. The molecule has 0 aliphatic carbocycles. The van der Waals surface area contributed by atoms with E-state index in [1.54, 1.807) is 6.92 Å². The Balaban J connectivity index is 2.37. The molecule has 2 aromatic carbocycles. The minimum atomic E-state index is -4.58. The summed E-state index contributed by atoms with van der Waals surface area (Å²) in [6.45, 7) is 0.280. The van der Waals surface area contributed by atoms with Crippen LogP contribution in [0, 0.1) is 11.6 Å². The van der Waals surface area contributed by atoms with E-state index < -0.39 is 36.4 Å². The molecule has 0 aliphatic rings. The number of aliphatic carboxylic acids is 1. The van der Waals surface area contributed by atoms with Crippen molar-refractivity contribution in [1.82, 2.24) is 0 Å². The number of alkyl halides is 3. The molecular weight excluding hydrogens is 369 g/mol. The lowest BCUT2D eigenvalue weighted by Gasteiger charge is -2.31. The quantitative estimate of drug-likeness (QED) is 0.660. The monoisotopic (exact) mass is 387 g/mol. The molecule has 2 aromatic rings. The van der Waals surface area contributed by atoms with Crippen molar-refractivity contribution in [1.29, 1.82) is 0 Å². The number of benzene rings is 2. The third-order valence-corrected chi connectivity index (χ3v) is 4.02. The zero-order valence-electron chi connectivity index (χ0n) is 14.4. The molecule has 1 N–H and O–H groups in total. The van der Waals surface area contributed by atoms with Crippen molar-refractivity contribution in [3.05, 3.63) is 54.1 Å². The second kappa shape index (κ2) is 8.37. The van der Waals surface area contributed by atoms with Gasteiger partial charge in [0, 0.05) is 5.69 Å². The van der Waals surface area contributed by atoms with Gasteiger partial charge in [-0.1, -0.05) is 31.5 Å². The van der Waals surface area contributed by atoms with Crippen LogP contribution >= 0.6 is 0 Å². The highest BCUT2D eigenvalue weighted by atomic mass is 19.4. The van der Waals surface area contributed by atoms with Gasteiger partial charge in [0.1, 0.15) is 12.6 Å². The summed E-state index contributed by atoms with van der Waals surface area (Å²) < 4.78 is 65.3. The summed E-state index contributed by atoms with van der Waals surface area (Å²) in [5.41, 5.74) is 0.901. The molecule has 0 bridgehead atoms. The van der Waals surface area contributed by atoms with Gasteiger partial charge in [-0.15, -0.1) is 0 Å². The zero-order valence-corrected chi connectivity index (χ0v) is 14.4. The molecule has 8 heteroatoms. The van der Waals surface area contributed by atoms with E-state index >= 15 is 0 Å². The van der Waals surface area contributed by atoms with E-state index in [0.717, 1.165) is 17.0 Å². The normalized spacial score (nSPS) is 12.7. The van der Waals surface area contributed by atoms with Gasteiger partial charge in [0.2, 0.25) is 0 Å². The summed E-state index contributed by atoms with van der Waals surface area (Å²) in [7, 11) is 0. The Kier molecular flexibility index (Phi) is 6.41. The lowest BCUT2D eigenvalue weighted by molar-refractivity contribution is -0.140. The zero-order chi connectivity index (χ0) is 20.2. The van der Waals surface area contributed by atoms with Gasteiger partial charge in [-0.25, -0.2) is 13.6 Å². The average Bonchev–Trinajstić information content (AvgIpc) is 2.59. The van der Waals surface area contributed by atoms with Crippen molar-refractivity contribution in [2.24, 2.45) is 0 Å². The number of carbonyl (C=O) groups is 1. The fourth-order valence-corrected chi connectivity index (χ4v) is 2.78. The third kappa shape index (κ3) is 5.42. The summed E-state index contributed by atoms with van der Waals surface area (Å²) in [5.74, 6) is -3.38. The van der Waals surface area contributed by atoms with Crippen molar-refractivity contribution >= 4 is 11.7 Å². The number of carboxylic acid groups (broad SMARTS) is 1. The molecule has 0 heterocycles. The van der Waals surface area contributed by atoms with Gasteiger partial charge in [0.05, 0.1) is 0 Å². The van der Waals surface area contributed by atoms with Gasteiger partial charge in [0.15, 0.2) is 11.6 Å². The Morgan fingerprint density at radius 3 is 2.11 bits per heavy atom. The number of rotatable bonds is 7. The molecule has 1 atom stereocenters. The lowest BCUT2D eigenvalue weighted by Crippen LogP contribution is -2.46. The van der Waals surface area contributed by atoms with Crippen LogP contribution in [0.4, 0.5) is 27.6 Å². The van der Waals surface area contributed by atoms with Crippen molar-refractivity contribution in [3.63, 3.8) is 0 Å². The van der Waals surface area contributed by atoms with Crippen molar-refractivity contribution < 1.29 is 31.9 Å². The minimum Gasteiger partial charge on any atom is -0.480 e. The van der Waals surface area contributed by atoms with Gasteiger partial charge < -0.3 is 10.0 Å². The SMILES string of the molecule is CCC[C@@H](C(=O)O)N(CC(F)(F)F)c1ccc(-c2ccc(F)c(F)c2)cc1. The number of carboxylic acids is 1. The van der Waals surface area contributed by atoms with E-state index in [1.165, 1.54) is 30.3 Å². The van der Waals surface area contributed by atoms with E-state index in [0.29, 0.717) is 17.5 Å². The highest BCUT2D eigenvalue weighted by Gasteiger charge is 2.36. The van der Waals surface area contributed by atoms with Gasteiger partial charge in [0.25, 0.3) is 0 Å². The number of halogens is 5. The second-order valence-electron chi connectivity index (χ2n) is 6.06. The molecular formula is C19H18F5NO2. The first-order chi connectivity index (χ1) is 12.6. The van der Waals surface area contributed by atoms with E-state index in [4.69, 9.17) is 0 Å². The van der Waals surface area contributed by atoms with Crippen LogP contribution in [0.5, 0.6) is 0 Å². The number of hydrogen-bond donors (Lipinski definition) is 1. The maximum absolute atomic E-state index is 13.4. The van der Waals surface area contributed by atoms with E-state index in [1.807, 2.05) is 0 Å². The summed E-state index contributed by atoms with van der Waals surface area (Å²) in [6.07, 6.45) is -4.13. The molecule has 0 saturated heterocycles. The Morgan fingerprint density at radius 1 is 1.04 bits per heavy atom. The Hall–Kier alpha value is -2.64. The highest BCUT2D eigenvalue weighted by Crippen LogP contribution is 2.29. The first-order valence-corrected chi connectivity index (χ1v) is 8.24. The summed E-state index contributed by atoms with van der Waals surface area (Å²) in [5, 5.41) is 9.34. The Labute approximate surface area is 153 Å². The molecule has 0 saturated carbocycles. The molecule has 0 unspecified atom stereocenters. The average molecular weight is 387 g/mol.